The van der Waals surface area contributed by atoms with Crippen molar-refractivity contribution in [2.45, 2.75) is 71.4 Å². The molecule has 3 N–H and O–H groups in total. The summed E-state index contributed by atoms with van der Waals surface area (Å²) in [5, 5.41) is 22.0. The number of hydrogen-bond donors (Lipinski definition) is 3. The second kappa shape index (κ2) is 15.2. The minimum Gasteiger partial charge on any atom is -0.508 e. The van der Waals surface area contributed by atoms with Crippen molar-refractivity contribution in [1.82, 2.24) is 10.2 Å². The zero-order valence-electron chi connectivity index (χ0n) is 23.8. The van der Waals surface area contributed by atoms with Gasteiger partial charge in [-0.15, -0.1) is 0 Å². The number of nitrogens with zero attached hydrogens (tertiary/aromatic N) is 1. The van der Waals surface area contributed by atoms with Gasteiger partial charge in [0.2, 0.25) is 0 Å². The van der Waals surface area contributed by atoms with Gasteiger partial charge in [0.25, 0.3) is 0 Å². The van der Waals surface area contributed by atoms with Crippen LogP contribution in [0.3, 0.4) is 0 Å². The summed E-state index contributed by atoms with van der Waals surface area (Å²) in [4.78, 5) is 13.1. The zero-order chi connectivity index (χ0) is 28.2. The molecule has 0 spiro atoms. The molecule has 0 bridgehead atoms. The molecule has 0 unspecified atom stereocenters. The smallest absolute Gasteiger partial charge is 0.404 e. The Balaban J connectivity index is 1.61. The Morgan fingerprint density at radius 1 is 0.897 bits per heavy atom. The van der Waals surface area contributed by atoms with Crippen molar-refractivity contribution >= 4 is 6.09 Å². The predicted molar refractivity (Wildman–Crippen MR) is 158 cm³/mol. The Morgan fingerprint density at radius 2 is 1.56 bits per heavy atom. The Kier molecular flexibility index (Phi) is 11.7. The van der Waals surface area contributed by atoms with Crippen LogP contribution in [0.5, 0.6) is 11.5 Å². The molecule has 210 valence electrons. The van der Waals surface area contributed by atoms with E-state index in [1.807, 2.05) is 42.5 Å². The molecule has 1 amide bonds. The van der Waals surface area contributed by atoms with Crippen LogP contribution in [0.4, 0.5) is 4.79 Å². The minimum atomic E-state index is -1.00. The van der Waals surface area contributed by atoms with Crippen molar-refractivity contribution in [1.29, 1.82) is 0 Å². The standard InChI is InChI=1S/C33H44N2O4/c1-24(2)35(25(3)4)21-19-30(28-10-6-5-7-11-28)31-23-27(14-17-32(31)36)9-8-22-39-29-15-12-26(13-16-29)18-20-34-33(37)38/h5-7,10-17,23-25,30,34,36H,8-9,18-22H2,1-4H3,(H,37,38)/t30-/m1/s1. The van der Waals surface area contributed by atoms with Gasteiger partial charge >= 0.3 is 6.09 Å². The van der Waals surface area contributed by atoms with Crippen LogP contribution in [0, 0.1) is 0 Å². The van der Waals surface area contributed by atoms with E-state index in [9.17, 15) is 9.90 Å². The Hall–Kier alpha value is -3.51. The molecule has 0 heterocycles. The van der Waals surface area contributed by atoms with E-state index < -0.39 is 6.09 Å². The fraction of sp³-hybridized carbons (Fsp3) is 0.424. The first-order valence-electron chi connectivity index (χ1n) is 14.1. The van der Waals surface area contributed by atoms with Gasteiger partial charge in [0.1, 0.15) is 11.5 Å². The van der Waals surface area contributed by atoms with Crippen molar-refractivity contribution < 1.29 is 19.7 Å². The second-order valence-electron chi connectivity index (χ2n) is 10.6. The van der Waals surface area contributed by atoms with Crippen LogP contribution in [-0.2, 0) is 12.8 Å². The third-order valence-electron chi connectivity index (χ3n) is 7.16. The quantitative estimate of drug-likeness (QED) is 0.186. The summed E-state index contributed by atoms with van der Waals surface area (Å²) in [5.74, 6) is 1.27. The van der Waals surface area contributed by atoms with Crippen molar-refractivity contribution in [3.05, 3.63) is 95.1 Å². The van der Waals surface area contributed by atoms with Gasteiger partial charge < -0.3 is 20.3 Å². The molecular weight excluding hydrogens is 488 g/mol. The van der Waals surface area contributed by atoms with Crippen molar-refractivity contribution in [3.63, 3.8) is 0 Å². The normalized spacial score (nSPS) is 12.2. The molecule has 0 aromatic heterocycles. The third kappa shape index (κ3) is 9.63. The number of phenols is 1. The van der Waals surface area contributed by atoms with Gasteiger partial charge in [-0.1, -0.05) is 54.6 Å². The number of amides is 1. The van der Waals surface area contributed by atoms with E-state index in [1.54, 1.807) is 0 Å². The predicted octanol–water partition coefficient (Wildman–Crippen LogP) is 6.85. The molecule has 0 radical (unpaired) electrons. The highest BCUT2D eigenvalue weighted by Crippen LogP contribution is 2.35. The molecule has 3 rings (SSSR count). The number of ether oxygens (including phenoxy) is 1. The number of carboxylic acid groups (broad SMARTS) is 1. The number of nitrogens with one attached hydrogen (secondary N) is 1. The van der Waals surface area contributed by atoms with Gasteiger partial charge in [-0.05, 0) is 94.8 Å². The van der Waals surface area contributed by atoms with Crippen molar-refractivity contribution in [2.75, 3.05) is 19.7 Å². The van der Waals surface area contributed by atoms with E-state index >= 15 is 0 Å². The summed E-state index contributed by atoms with van der Waals surface area (Å²) in [6.45, 7) is 10.9. The van der Waals surface area contributed by atoms with Gasteiger partial charge in [0, 0.05) is 30.1 Å². The number of hydrogen-bond acceptors (Lipinski definition) is 4. The van der Waals surface area contributed by atoms with Crippen LogP contribution in [0.25, 0.3) is 0 Å². The molecule has 3 aromatic carbocycles. The molecule has 1 atom stereocenters. The molecule has 6 heteroatoms. The first-order valence-corrected chi connectivity index (χ1v) is 14.1. The molecule has 6 nitrogen and oxygen atoms in total. The lowest BCUT2D eigenvalue weighted by molar-refractivity contribution is 0.170. The largest absolute Gasteiger partial charge is 0.508 e. The molecule has 0 fully saturated rings. The van der Waals surface area contributed by atoms with E-state index in [4.69, 9.17) is 9.84 Å². The lowest BCUT2D eigenvalue weighted by Crippen LogP contribution is -2.38. The fourth-order valence-electron chi connectivity index (χ4n) is 5.15. The number of carbonyl (C=O) groups is 1. The average Bonchev–Trinajstić information content (AvgIpc) is 2.91. The highest BCUT2D eigenvalue weighted by atomic mass is 16.5. The number of rotatable bonds is 15. The van der Waals surface area contributed by atoms with Gasteiger partial charge in [-0.2, -0.15) is 0 Å². The number of phenolic OH excluding ortho intramolecular Hbond substituents is 1. The lowest BCUT2D eigenvalue weighted by Gasteiger charge is -2.32. The number of benzene rings is 3. The van der Waals surface area contributed by atoms with Crippen LogP contribution >= 0.6 is 0 Å². The maximum Gasteiger partial charge on any atom is 0.404 e. The number of aromatic hydroxyl groups is 1. The number of aryl methyl sites for hydroxylation is 1. The summed E-state index contributed by atoms with van der Waals surface area (Å²) in [6, 6.07) is 25.2. The van der Waals surface area contributed by atoms with Crippen LogP contribution < -0.4 is 10.1 Å². The highest BCUT2D eigenvalue weighted by Gasteiger charge is 2.21. The molecule has 39 heavy (non-hydrogen) atoms. The van der Waals surface area contributed by atoms with E-state index in [1.165, 1.54) is 11.1 Å². The molecule has 0 aliphatic heterocycles. The van der Waals surface area contributed by atoms with Gasteiger partial charge in [0.15, 0.2) is 0 Å². The van der Waals surface area contributed by atoms with Crippen LogP contribution in [0.1, 0.15) is 68.7 Å². The average molecular weight is 533 g/mol. The lowest BCUT2D eigenvalue weighted by atomic mass is 9.86. The van der Waals surface area contributed by atoms with Gasteiger partial charge in [0.05, 0.1) is 6.61 Å². The van der Waals surface area contributed by atoms with E-state index in [0.29, 0.717) is 37.4 Å². The molecule has 0 aliphatic rings. The summed E-state index contributed by atoms with van der Waals surface area (Å²) in [5.41, 5.74) is 4.46. The topological polar surface area (TPSA) is 82.0 Å². The van der Waals surface area contributed by atoms with Crippen LogP contribution in [0.2, 0.25) is 0 Å². The minimum absolute atomic E-state index is 0.117. The first-order chi connectivity index (χ1) is 18.7. The van der Waals surface area contributed by atoms with Crippen LogP contribution in [0.15, 0.2) is 72.8 Å². The SMILES string of the molecule is CC(C)N(CC[C@H](c1ccccc1)c1cc(CCCOc2ccc(CCNC(=O)O)cc2)ccc1O)C(C)C. The summed E-state index contributed by atoms with van der Waals surface area (Å²) in [6.07, 6.45) is 2.29. The summed E-state index contributed by atoms with van der Waals surface area (Å²) >= 11 is 0. The van der Waals surface area contributed by atoms with E-state index in [2.05, 4.69) is 68.2 Å². The monoisotopic (exact) mass is 532 g/mol. The van der Waals surface area contributed by atoms with Gasteiger partial charge in [-0.3, -0.25) is 4.90 Å². The van der Waals surface area contributed by atoms with Gasteiger partial charge in [-0.25, -0.2) is 4.79 Å². The van der Waals surface area contributed by atoms with Crippen molar-refractivity contribution in [2.24, 2.45) is 0 Å². The first kappa shape index (κ1) is 30.0. The zero-order valence-corrected chi connectivity index (χ0v) is 23.8. The Bertz CT molecular complexity index is 1140. The maximum atomic E-state index is 10.9. The fourth-order valence-corrected chi connectivity index (χ4v) is 5.15. The van der Waals surface area contributed by atoms with Crippen molar-refractivity contribution in [3.8, 4) is 11.5 Å². The Morgan fingerprint density at radius 3 is 2.21 bits per heavy atom. The summed E-state index contributed by atoms with van der Waals surface area (Å²) in [7, 11) is 0. The van der Waals surface area contributed by atoms with Crippen LogP contribution in [-0.4, -0.2) is 53.0 Å². The molecule has 0 saturated heterocycles. The van der Waals surface area contributed by atoms with E-state index in [-0.39, 0.29) is 5.92 Å². The molecule has 0 saturated carbocycles. The Labute approximate surface area is 233 Å². The van der Waals surface area contributed by atoms with E-state index in [0.717, 1.165) is 42.7 Å². The summed E-state index contributed by atoms with van der Waals surface area (Å²) < 4.78 is 5.94. The second-order valence-corrected chi connectivity index (χ2v) is 10.6. The molecule has 0 aliphatic carbocycles. The third-order valence-corrected chi connectivity index (χ3v) is 7.16. The maximum absolute atomic E-state index is 10.9. The molecule has 3 aromatic rings. The molecular formula is C33H44N2O4. The highest BCUT2D eigenvalue weighted by molar-refractivity contribution is 5.64.